The van der Waals surface area contributed by atoms with Gasteiger partial charge in [-0.3, -0.25) is 4.79 Å². The second-order valence-corrected chi connectivity index (χ2v) is 9.66. The van der Waals surface area contributed by atoms with E-state index in [2.05, 4.69) is 15.0 Å². The van der Waals surface area contributed by atoms with E-state index in [0.717, 1.165) is 29.5 Å². The summed E-state index contributed by atoms with van der Waals surface area (Å²) in [6, 6.07) is 6.99. The van der Waals surface area contributed by atoms with Crippen LogP contribution < -0.4 is 0 Å². The molecule has 2 N–H and O–H groups in total. The zero-order valence-corrected chi connectivity index (χ0v) is 19.2. The lowest BCUT2D eigenvalue weighted by molar-refractivity contribution is 0.0437. The minimum Gasteiger partial charge on any atom is -0.458 e. The minimum atomic E-state index is -3.05. The Morgan fingerprint density at radius 1 is 1.26 bits per heavy atom. The monoisotopic (exact) mass is 482 g/mol. The number of nitrogens with zero attached hydrogens (tertiary/aromatic N) is 3. The van der Waals surface area contributed by atoms with E-state index in [1.54, 1.807) is 6.33 Å². The number of aromatic amines is 1. The fourth-order valence-corrected chi connectivity index (χ4v) is 4.87. The number of aromatic nitrogens is 3. The number of amides is 1. The Labute approximate surface area is 199 Å². The normalized spacial score (nSPS) is 18.5. The molecule has 35 heavy (non-hydrogen) atoms. The second kappa shape index (κ2) is 7.74. The molecule has 182 valence electrons. The molecule has 0 unspecified atom stereocenters. The number of furan rings is 1. The molecule has 0 bridgehead atoms. The van der Waals surface area contributed by atoms with E-state index in [-0.39, 0.29) is 12.4 Å². The molecule has 0 radical (unpaired) electrons. The Bertz CT molecular complexity index is 1430. The average Bonchev–Trinajstić information content (AvgIpc) is 3.24. The lowest BCUT2D eigenvalue weighted by atomic mass is 9.94. The number of hydrogen-bond donors (Lipinski definition) is 2. The van der Waals surface area contributed by atoms with E-state index < -0.39 is 35.4 Å². The number of aliphatic hydroxyl groups is 1. The van der Waals surface area contributed by atoms with Crippen molar-refractivity contribution in [3.63, 3.8) is 0 Å². The van der Waals surface area contributed by atoms with Crippen molar-refractivity contribution >= 4 is 16.9 Å². The van der Waals surface area contributed by atoms with Crippen molar-refractivity contribution in [2.75, 3.05) is 6.54 Å². The molecule has 1 aliphatic heterocycles. The number of oxazole rings is 1. The zero-order chi connectivity index (χ0) is 24.5. The lowest BCUT2D eigenvalue weighted by Crippen LogP contribution is -2.41. The van der Waals surface area contributed by atoms with Crippen LogP contribution in [0.5, 0.6) is 0 Å². The van der Waals surface area contributed by atoms with Gasteiger partial charge >= 0.3 is 0 Å². The van der Waals surface area contributed by atoms with E-state index in [1.165, 1.54) is 18.7 Å². The Hall–Kier alpha value is -3.53. The number of carbonyl (C=O) groups is 1. The molecule has 1 saturated carbocycles. The number of benzene rings is 1. The Morgan fingerprint density at radius 2 is 2.03 bits per heavy atom. The summed E-state index contributed by atoms with van der Waals surface area (Å²) < 4.78 is 39.6. The molecule has 0 spiro atoms. The van der Waals surface area contributed by atoms with Gasteiger partial charge in [-0.1, -0.05) is 18.2 Å². The number of H-pyrrole nitrogens is 1. The SMILES string of the molecule is CC(C)(O)c1nc(C(F)F)c(C(=O)N2CCc3[nH]cnc3[C@H]2c2oc3ccccc3c2C2CC2)o1. The van der Waals surface area contributed by atoms with Gasteiger partial charge in [0.2, 0.25) is 11.7 Å². The maximum Gasteiger partial charge on any atom is 0.292 e. The number of fused-ring (bicyclic) bond motifs is 2. The predicted molar refractivity (Wildman–Crippen MR) is 120 cm³/mol. The van der Waals surface area contributed by atoms with E-state index in [0.29, 0.717) is 29.4 Å². The van der Waals surface area contributed by atoms with E-state index in [4.69, 9.17) is 8.83 Å². The Kier molecular flexibility index (Phi) is 4.86. The van der Waals surface area contributed by atoms with Crippen LogP contribution in [0.1, 0.15) is 89.9 Å². The van der Waals surface area contributed by atoms with Gasteiger partial charge in [0.05, 0.1) is 12.0 Å². The maximum atomic E-state index is 13.9. The smallest absolute Gasteiger partial charge is 0.292 e. The number of nitrogens with one attached hydrogen (secondary N) is 1. The van der Waals surface area contributed by atoms with E-state index >= 15 is 0 Å². The summed E-state index contributed by atoms with van der Waals surface area (Å²) in [5.74, 6) is -0.767. The van der Waals surface area contributed by atoms with Crippen LogP contribution in [-0.4, -0.2) is 37.4 Å². The third kappa shape index (κ3) is 3.54. The molecule has 6 rings (SSSR count). The fourth-order valence-electron chi connectivity index (χ4n) is 4.87. The van der Waals surface area contributed by atoms with Crippen molar-refractivity contribution in [3.8, 4) is 0 Å². The fraction of sp³-hybridized carbons (Fsp3) is 0.400. The summed E-state index contributed by atoms with van der Waals surface area (Å²) in [7, 11) is 0. The molecule has 3 aromatic heterocycles. The van der Waals surface area contributed by atoms with Crippen molar-refractivity contribution in [1.82, 2.24) is 19.9 Å². The maximum absolute atomic E-state index is 13.9. The average molecular weight is 482 g/mol. The van der Waals surface area contributed by atoms with Crippen molar-refractivity contribution in [1.29, 1.82) is 0 Å². The standard InChI is InChI=1S/C25H24F2N4O4/c1-25(2,33)24-30-18(22(26)27)21(35-24)23(32)31-10-9-14-17(29-11-28-14)19(31)20-16(12-7-8-12)13-5-3-4-6-15(13)34-20/h3-6,11-12,19,22,33H,7-10H2,1-2H3,(H,28,29)/t19-/m0/s1. The second-order valence-electron chi connectivity index (χ2n) is 9.66. The highest BCUT2D eigenvalue weighted by atomic mass is 19.3. The first kappa shape index (κ1) is 22.0. The van der Waals surface area contributed by atoms with Crippen LogP contribution in [0.25, 0.3) is 11.0 Å². The van der Waals surface area contributed by atoms with Gasteiger partial charge in [-0.05, 0) is 38.7 Å². The number of para-hydroxylation sites is 1. The Balaban J connectivity index is 1.51. The zero-order valence-electron chi connectivity index (χ0n) is 19.2. The first-order valence-electron chi connectivity index (χ1n) is 11.6. The van der Waals surface area contributed by atoms with Crippen LogP contribution in [0.3, 0.4) is 0 Å². The number of halogens is 2. The number of carbonyl (C=O) groups excluding carboxylic acids is 1. The summed E-state index contributed by atoms with van der Waals surface area (Å²) in [6.07, 6.45) is 1.00. The van der Waals surface area contributed by atoms with Crippen LogP contribution in [0.4, 0.5) is 8.78 Å². The van der Waals surface area contributed by atoms with Gasteiger partial charge in [0, 0.05) is 29.6 Å². The van der Waals surface area contributed by atoms with Gasteiger partial charge < -0.3 is 23.8 Å². The molecule has 1 amide bonds. The van der Waals surface area contributed by atoms with Crippen LogP contribution in [0.2, 0.25) is 0 Å². The number of imidazole rings is 1. The third-order valence-corrected chi connectivity index (χ3v) is 6.66. The molecule has 1 atom stereocenters. The van der Waals surface area contributed by atoms with Crippen molar-refractivity contribution < 1.29 is 27.5 Å². The van der Waals surface area contributed by atoms with Crippen LogP contribution >= 0.6 is 0 Å². The van der Waals surface area contributed by atoms with Crippen LogP contribution in [0.15, 0.2) is 39.4 Å². The predicted octanol–water partition coefficient (Wildman–Crippen LogP) is 4.97. The highest BCUT2D eigenvalue weighted by Crippen LogP contribution is 2.50. The van der Waals surface area contributed by atoms with Gasteiger partial charge in [-0.25, -0.2) is 18.7 Å². The molecule has 2 aliphatic rings. The summed E-state index contributed by atoms with van der Waals surface area (Å²) in [5.41, 5.74) is 0.804. The topological polar surface area (TPSA) is 108 Å². The lowest BCUT2D eigenvalue weighted by Gasteiger charge is -2.34. The molecule has 4 aromatic rings. The van der Waals surface area contributed by atoms with Gasteiger partial charge in [0.25, 0.3) is 12.3 Å². The summed E-state index contributed by atoms with van der Waals surface area (Å²) >= 11 is 0. The van der Waals surface area contributed by atoms with Gasteiger partial charge in [0.1, 0.15) is 23.0 Å². The number of hydrogen-bond acceptors (Lipinski definition) is 6. The van der Waals surface area contributed by atoms with Gasteiger partial charge in [0.15, 0.2) is 5.69 Å². The molecule has 0 saturated heterocycles. The number of alkyl halides is 2. The molecule has 1 aliphatic carbocycles. The van der Waals surface area contributed by atoms with E-state index in [1.807, 2.05) is 24.3 Å². The quantitative estimate of drug-likeness (QED) is 0.416. The minimum absolute atomic E-state index is 0.237. The molecule has 1 fully saturated rings. The summed E-state index contributed by atoms with van der Waals surface area (Å²) in [5, 5.41) is 11.2. The van der Waals surface area contributed by atoms with E-state index in [9.17, 15) is 18.7 Å². The molecule has 1 aromatic carbocycles. The molecule has 4 heterocycles. The highest BCUT2D eigenvalue weighted by molar-refractivity contribution is 5.94. The van der Waals surface area contributed by atoms with Crippen LogP contribution in [-0.2, 0) is 12.0 Å². The van der Waals surface area contributed by atoms with Crippen molar-refractivity contribution in [2.45, 2.75) is 57.1 Å². The largest absolute Gasteiger partial charge is 0.458 e. The summed E-state index contributed by atoms with van der Waals surface area (Å²) in [6.45, 7) is 2.96. The molecular formula is C25H24F2N4O4. The van der Waals surface area contributed by atoms with Crippen molar-refractivity contribution in [2.24, 2.45) is 0 Å². The van der Waals surface area contributed by atoms with Gasteiger partial charge in [-0.15, -0.1) is 0 Å². The molecular weight excluding hydrogens is 458 g/mol. The van der Waals surface area contributed by atoms with Crippen LogP contribution in [0, 0.1) is 0 Å². The summed E-state index contributed by atoms with van der Waals surface area (Å²) in [4.78, 5) is 26.6. The Morgan fingerprint density at radius 3 is 2.74 bits per heavy atom. The highest BCUT2D eigenvalue weighted by Gasteiger charge is 2.44. The number of rotatable bonds is 5. The van der Waals surface area contributed by atoms with Crippen molar-refractivity contribution in [3.05, 3.63) is 70.6 Å². The first-order chi connectivity index (χ1) is 16.7. The molecule has 8 nitrogen and oxygen atoms in total. The first-order valence-corrected chi connectivity index (χ1v) is 11.6. The molecule has 10 heteroatoms. The third-order valence-electron chi connectivity index (χ3n) is 6.66. The van der Waals surface area contributed by atoms with Gasteiger partial charge in [-0.2, -0.15) is 0 Å².